The SMILES string of the molecule is O=C1NC2(CCN(C(=O)c3ccccc3F)C2)N=C1c1ccccn1. The van der Waals surface area contributed by atoms with Crippen LogP contribution < -0.4 is 5.32 Å². The van der Waals surface area contributed by atoms with E-state index in [1.54, 1.807) is 30.5 Å². The molecule has 1 atom stereocenters. The maximum Gasteiger partial charge on any atom is 0.273 e. The molecule has 2 amide bonds. The van der Waals surface area contributed by atoms with Gasteiger partial charge in [0.15, 0.2) is 11.4 Å². The number of hydrogen-bond donors (Lipinski definition) is 1. The Morgan fingerprint density at radius 3 is 2.76 bits per heavy atom. The average Bonchev–Trinajstić information content (AvgIpc) is 3.19. The Kier molecular flexibility index (Phi) is 3.56. The van der Waals surface area contributed by atoms with Crippen LogP contribution in [0.15, 0.2) is 53.7 Å². The molecule has 7 heteroatoms. The van der Waals surface area contributed by atoms with E-state index in [9.17, 15) is 14.0 Å². The number of carbonyl (C=O) groups excluding carboxylic acids is 2. The van der Waals surface area contributed by atoms with Crippen LogP contribution in [0.4, 0.5) is 4.39 Å². The highest BCUT2D eigenvalue weighted by atomic mass is 19.1. The van der Waals surface area contributed by atoms with Crippen molar-refractivity contribution in [1.29, 1.82) is 0 Å². The van der Waals surface area contributed by atoms with Gasteiger partial charge in [0.1, 0.15) is 5.82 Å². The minimum atomic E-state index is -0.856. The topological polar surface area (TPSA) is 74.7 Å². The zero-order chi connectivity index (χ0) is 17.4. The highest BCUT2D eigenvalue weighted by Crippen LogP contribution is 2.29. The lowest BCUT2D eigenvalue weighted by atomic mass is 10.1. The van der Waals surface area contributed by atoms with E-state index >= 15 is 0 Å². The minimum absolute atomic E-state index is 0.0257. The molecule has 25 heavy (non-hydrogen) atoms. The maximum absolute atomic E-state index is 13.9. The first-order chi connectivity index (χ1) is 12.1. The fourth-order valence-electron chi connectivity index (χ4n) is 3.21. The summed E-state index contributed by atoms with van der Waals surface area (Å²) in [6.07, 6.45) is 2.08. The molecule has 1 aromatic carbocycles. The van der Waals surface area contributed by atoms with Crippen molar-refractivity contribution in [2.45, 2.75) is 12.1 Å². The molecule has 1 N–H and O–H groups in total. The Morgan fingerprint density at radius 2 is 2.00 bits per heavy atom. The predicted octanol–water partition coefficient (Wildman–Crippen LogP) is 1.38. The van der Waals surface area contributed by atoms with Crippen molar-refractivity contribution in [3.05, 3.63) is 65.7 Å². The molecule has 1 unspecified atom stereocenters. The molecule has 1 spiro atoms. The van der Waals surface area contributed by atoms with Crippen molar-refractivity contribution >= 4 is 17.5 Å². The third-order valence-corrected chi connectivity index (χ3v) is 4.43. The van der Waals surface area contributed by atoms with E-state index in [0.717, 1.165) is 0 Å². The van der Waals surface area contributed by atoms with Crippen molar-refractivity contribution in [2.75, 3.05) is 13.1 Å². The monoisotopic (exact) mass is 338 g/mol. The molecule has 1 fully saturated rings. The Balaban J connectivity index is 1.58. The van der Waals surface area contributed by atoms with Crippen LogP contribution in [0.25, 0.3) is 0 Å². The molecule has 126 valence electrons. The van der Waals surface area contributed by atoms with Crippen LogP contribution in [0.1, 0.15) is 22.5 Å². The first kappa shape index (κ1) is 15.4. The van der Waals surface area contributed by atoms with Gasteiger partial charge in [0.05, 0.1) is 17.8 Å². The number of pyridine rings is 1. The second-order valence-electron chi connectivity index (χ2n) is 6.12. The molecule has 6 nitrogen and oxygen atoms in total. The molecule has 0 radical (unpaired) electrons. The number of hydrogen-bond acceptors (Lipinski definition) is 4. The maximum atomic E-state index is 13.9. The lowest BCUT2D eigenvalue weighted by Gasteiger charge is -2.21. The molecule has 4 rings (SSSR count). The number of benzene rings is 1. The standard InChI is InChI=1S/C18H15FN4O2/c19-13-6-2-1-5-12(13)17(25)23-10-8-18(11-23)21-15(16(24)22-18)14-7-3-4-9-20-14/h1-7,9H,8,10-11H2,(H,22,24). The van der Waals surface area contributed by atoms with Gasteiger partial charge < -0.3 is 10.2 Å². The van der Waals surface area contributed by atoms with Crippen molar-refractivity contribution in [2.24, 2.45) is 4.99 Å². The fraction of sp³-hybridized carbons (Fsp3) is 0.222. The van der Waals surface area contributed by atoms with Crippen LogP contribution in [-0.2, 0) is 4.79 Å². The molecule has 2 aliphatic rings. The second kappa shape index (κ2) is 5.77. The summed E-state index contributed by atoms with van der Waals surface area (Å²) in [4.78, 5) is 35.0. The van der Waals surface area contributed by atoms with Crippen molar-refractivity contribution in [1.82, 2.24) is 15.2 Å². The van der Waals surface area contributed by atoms with Crippen LogP contribution in [0.5, 0.6) is 0 Å². The summed E-state index contributed by atoms with van der Waals surface area (Å²) in [7, 11) is 0. The number of amides is 2. The van der Waals surface area contributed by atoms with E-state index in [4.69, 9.17) is 0 Å². The zero-order valence-electron chi connectivity index (χ0n) is 13.3. The van der Waals surface area contributed by atoms with E-state index in [1.165, 1.54) is 23.1 Å². The first-order valence-electron chi connectivity index (χ1n) is 7.96. The van der Waals surface area contributed by atoms with Crippen molar-refractivity contribution in [3.63, 3.8) is 0 Å². The van der Waals surface area contributed by atoms with E-state index in [-0.39, 0.29) is 23.7 Å². The van der Waals surface area contributed by atoms with Crippen LogP contribution in [0.2, 0.25) is 0 Å². The molecule has 0 aliphatic carbocycles. The molecule has 1 aromatic heterocycles. The van der Waals surface area contributed by atoms with Gasteiger partial charge in [0, 0.05) is 19.2 Å². The van der Waals surface area contributed by atoms with Crippen LogP contribution in [0, 0.1) is 5.82 Å². The number of aliphatic imine (C=N–C) groups is 1. The van der Waals surface area contributed by atoms with E-state index < -0.39 is 17.4 Å². The Labute approximate surface area is 143 Å². The minimum Gasteiger partial charge on any atom is -0.334 e. The lowest BCUT2D eigenvalue weighted by Crippen LogP contribution is -2.45. The van der Waals surface area contributed by atoms with E-state index in [1.807, 2.05) is 0 Å². The molecule has 1 saturated heterocycles. The second-order valence-corrected chi connectivity index (χ2v) is 6.12. The van der Waals surface area contributed by atoms with Crippen LogP contribution in [0.3, 0.4) is 0 Å². The number of halogens is 1. The molecular weight excluding hydrogens is 323 g/mol. The van der Waals surface area contributed by atoms with Gasteiger partial charge in [0.2, 0.25) is 0 Å². The Hall–Kier alpha value is -3.09. The van der Waals surface area contributed by atoms with Gasteiger partial charge in [-0.05, 0) is 24.3 Å². The normalized spacial score (nSPS) is 22.2. The highest BCUT2D eigenvalue weighted by molar-refractivity contribution is 6.46. The molecule has 0 saturated carbocycles. The number of carbonyl (C=O) groups is 2. The van der Waals surface area contributed by atoms with Crippen molar-refractivity contribution in [3.8, 4) is 0 Å². The van der Waals surface area contributed by atoms with Crippen molar-refractivity contribution < 1.29 is 14.0 Å². The zero-order valence-corrected chi connectivity index (χ0v) is 13.3. The predicted molar refractivity (Wildman–Crippen MR) is 88.6 cm³/mol. The number of rotatable bonds is 2. The summed E-state index contributed by atoms with van der Waals surface area (Å²) in [5, 5.41) is 2.86. The average molecular weight is 338 g/mol. The summed E-state index contributed by atoms with van der Waals surface area (Å²) in [5.74, 6) is -1.26. The Bertz CT molecular complexity index is 884. The first-order valence-corrected chi connectivity index (χ1v) is 7.96. The van der Waals surface area contributed by atoms with Gasteiger partial charge >= 0.3 is 0 Å². The molecular formula is C18H15FN4O2. The van der Waals surface area contributed by atoms with Gasteiger partial charge in [-0.1, -0.05) is 18.2 Å². The quantitative estimate of drug-likeness (QED) is 0.899. The summed E-state index contributed by atoms with van der Waals surface area (Å²) >= 11 is 0. The fourth-order valence-corrected chi connectivity index (χ4v) is 3.21. The lowest BCUT2D eigenvalue weighted by molar-refractivity contribution is -0.115. The number of nitrogens with one attached hydrogen (secondary N) is 1. The summed E-state index contributed by atoms with van der Waals surface area (Å²) in [5.41, 5.74) is -0.0699. The van der Waals surface area contributed by atoms with Gasteiger partial charge in [-0.3, -0.25) is 14.6 Å². The number of likely N-dealkylation sites (tertiary alicyclic amines) is 1. The van der Waals surface area contributed by atoms with Crippen LogP contribution in [-0.4, -0.2) is 46.2 Å². The summed E-state index contributed by atoms with van der Waals surface area (Å²) in [6, 6.07) is 11.1. The Morgan fingerprint density at radius 1 is 1.20 bits per heavy atom. The number of nitrogens with zero attached hydrogens (tertiary/aromatic N) is 3. The van der Waals surface area contributed by atoms with E-state index in [0.29, 0.717) is 18.7 Å². The smallest absolute Gasteiger partial charge is 0.273 e. The van der Waals surface area contributed by atoms with Crippen LogP contribution >= 0.6 is 0 Å². The van der Waals surface area contributed by atoms with Gasteiger partial charge in [-0.15, -0.1) is 0 Å². The van der Waals surface area contributed by atoms with E-state index in [2.05, 4.69) is 15.3 Å². The molecule has 2 aliphatic heterocycles. The highest BCUT2D eigenvalue weighted by Gasteiger charge is 2.46. The summed E-state index contributed by atoms with van der Waals surface area (Å²) < 4.78 is 13.9. The van der Waals surface area contributed by atoms with Gasteiger partial charge in [-0.25, -0.2) is 9.38 Å². The summed E-state index contributed by atoms with van der Waals surface area (Å²) in [6.45, 7) is 0.606. The molecule has 3 heterocycles. The van der Waals surface area contributed by atoms with Gasteiger partial charge in [0.25, 0.3) is 11.8 Å². The largest absolute Gasteiger partial charge is 0.334 e. The third-order valence-electron chi connectivity index (χ3n) is 4.43. The van der Waals surface area contributed by atoms with Gasteiger partial charge in [-0.2, -0.15) is 0 Å². The third kappa shape index (κ3) is 2.67. The number of aromatic nitrogens is 1. The molecule has 2 aromatic rings. The molecule has 0 bridgehead atoms.